The number of sulfonamides is 1. The zero-order valence-corrected chi connectivity index (χ0v) is 7.71. The lowest BCUT2D eigenvalue weighted by molar-refractivity contribution is -0.121. The molecule has 0 bridgehead atoms. The van der Waals surface area contributed by atoms with Crippen molar-refractivity contribution in [3.8, 4) is 0 Å². The molecule has 0 aliphatic heterocycles. The Hall–Kier alpha value is -0.230. The molecular formula is C6H11F2NO2S. The number of alkyl halides is 2. The molecule has 0 aromatic heterocycles. The van der Waals surface area contributed by atoms with E-state index in [9.17, 15) is 17.2 Å². The first-order valence-electron chi connectivity index (χ1n) is 3.49. The molecule has 1 rings (SSSR count). The van der Waals surface area contributed by atoms with Crippen molar-refractivity contribution in [1.82, 2.24) is 4.72 Å². The summed E-state index contributed by atoms with van der Waals surface area (Å²) in [6.45, 7) is 1.48. The van der Waals surface area contributed by atoms with Crippen LogP contribution in [0.4, 0.5) is 8.78 Å². The van der Waals surface area contributed by atoms with E-state index in [0.717, 1.165) is 6.26 Å². The van der Waals surface area contributed by atoms with Crippen molar-refractivity contribution >= 4 is 10.0 Å². The molecule has 0 aromatic rings. The van der Waals surface area contributed by atoms with E-state index in [1.807, 2.05) is 0 Å². The summed E-state index contributed by atoms with van der Waals surface area (Å²) in [4.78, 5) is 0. The van der Waals surface area contributed by atoms with Crippen LogP contribution < -0.4 is 4.72 Å². The van der Waals surface area contributed by atoms with Gasteiger partial charge in [0.25, 0.3) is 5.92 Å². The average Bonchev–Trinajstić information content (AvgIpc) is 1.48. The summed E-state index contributed by atoms with van der Waals surface area (Å²) in [5.41, 5.74) is -0.947. The minimum absolute atomic E-state index is 0.410. The molecule has 0 atom stereocenters. The fourth-order valence-corrected chi connectivity index (χ4v) is 2.65. The van der Waals surface area contributed by atoms with Gasteiger partial charge in [-0.25, -0.2) is 21.9 Å². The van der Waals surface area contributed by atoms with Gasteiger partial charge in [-0.15, -0.1) is 0 Å². The Balaban J connectivity index is 2.58. The van der Waals surface area contributed by atoms with Crippen LogP contribution in [0.25, 0.3) is 0 Å². The lowest BCUT2D eigenvalue weighted by Gasteiger charge is -2.44. The van der Waals surface area contributed by atoms with Gasteiger partial charge in [0.15, 0.2) is 0 Å². The van der Waals surface area contributed by atoms with Crippen LogP contribution in [0.1, 0.15) is 19.8 Å². The first kappa shape index (κ1) is 9.85. The van der Waals surface area contributed by atoms with Gasteiger partial charge in [-0.05, 0) is 6.92 Å². The lowest BCUT2D eigenvalue weighted by atomic mass is 9.76. The second kappa shape index (κ2) is 2.38. The van der Waals surface area contributed by atoms with E-state index in [1.54, 1.807) is 0 Å². The molecule has 0 saturated heterocycles. The van der Waals surface area contributed by atoms with Crippen LogP contribution in [0.3, 0.4) is 0 Å². The monoisotopic (exact) mass is 199 g/mol. The second-order valence-electron chi connectivity index (χ2n) is 3.64. The van der Waals surface area contributed by atoms with Gasteiger partial charge in [-0.3, -0.25) is 0 Å². The highest BCUT2D eigenvalue weighted by Gasteiger charge is 2.54. The van der Waals surface area contributed by atoms with Crippen molar-refractivity contribution in [3.05, 3.63) is 0 Å². The summed E-state index contributed by atoms with van der Waals surface area (Å²) in [5, 5.41) is 0. The Labute approximate surface area is 70.2 Å². The van der Waals surface area contributed by atoms with Crippen LogP contribution in [-0.4, -0.2) is 26.1 Å². The highest BCUT2D eigenvalue weighted by Crippen LogP contribution is 2.45. The summed E-state index contributed by atoms with van der Waals surface area (Å²) >= 11 is 0. The maximum absolute atomic E-state index is 12.4. The maximum atomic E-state index is 12.4. The Morgan fingerprint density at radius 3 is 2.00 bits per heavy atom. The first-order chi connectivity index (χ1) is 5.12. The Morgan fingerprint density at radius 1 is 1.33 bits per heavy atom. The predicted molar refractivity (Wildman–Crippen MR) is 40.6 cm³/mol. The van der Waals surface area contributed by atoms with Gasteiger partial charge in [-0.1, -0.05) is 0 Å². The van der Waals surface area contributed by atoms with Crippen molar-refractivity contribution in [1.29, 1.82) is 0 Å². The molecule has 3 nitrogen and oxygen atoms in total. The van der Waals surface area contributed by atoms with Crippen molar-refractivity contribution in [2.24, 2.45) is 0 Å². The predicted octanol–water partition coefficient (Wildman–Crippen LogP) is 0.723. The van der Waals surface area contributed by atoms with E-state index in [2.05, 4.69) is 4.72 Å². The summed E-state index contributed by atoms with van der Waals surface area (Å²) in [6.07, 6.45) is 0.148. The maximum Gasteiger partial charge on any atom is 0.251 e. The fraction of sp³-hybridized carbons (Fsp3) is 1.00. The molecule has 1 aliphatic rings. The molecule has 1 aliphatic carbocycles. The summed E-state index contributed by atoms with van der Waals surface area (Å²) in [7, 11) is -3.38. The third-order valence-corrected chi connectivity index (χ3v) is 2.59. The normalized spacial score (nSPS) is 26.3. The van der Waals surface area contributed by atoms with Crippen LogP contribution in [0.15, 0.2) is 0 Å². The molecule has 0 unspecified atom stereocenters. The Bertz CT molecular complexity index is 278. The van der Waals surface area contributed by atoms with E-state index in [4.69, 9.17) is 0 Å². The quantitative estimate of drug-likeness (QED) is 0.712. The highest BCUT2D eigenvalue weighted by molar-refractivity contribution is 7.88. The van der Waals surface area contributed by atoms with Crippen molar-refractivity contribution < 1.29 is 17.2 Å². The van der Waals surface area contributed by atoms with E-state index < -0.39 is 34.3 Å². The van der Waals surface area contributed by atoms with E-state index >= 15 is 0 Å². The van der Waals surface area contributed by atoms with Gasteiger partial charge in [0.1, 0.15) is 0 Å². The number of rotatable bonds is 2. The molecule has 0 radical (unpaired) electrons. The molecule has 0 heterocycles. The van der Waals surface area contributed by atoms with Crippen molar-refractivity contribution in [3.63, 3.8) is 0 Å². The topological polar surface area (TPSA) is 46.2 Å². The molecule has 12 heavy (non-hydrogen) atoms. The molecule has 0 spiro atoms. The van der Waals surface area contributed by atoms with Crippen molar-refractivity contribution in [2.75, 3.05) is 6.26 Å². The van der Waals surface area contributed by atoms with Crippen LogP contribution >= 0.6 is 0 Å². The summed E-state index contributed by atoms with van der Waals surface area (Å²) in [6, 6.07) is 0. The zero-order valence-electron chi connectivity index (χ0n) is 6.89. The molecule has 72 valence electrons. The van der Waals surface area contributed by atoms with Gasteiger partial charge in [-0.2, -0.15) is 0 Å². The van der Waals surface area contributed by atoms with Gasteiger partial charge < -0.3 is 0 Å². The molecular weight excluding hydrogens is 188 g/mol. The second-order valence-corrected chi connectivity index (χ2v) is 5.39. The minimum Gasteiger partial charge on any atom is -0.213 e. The van der Waals surface area contributed by atoms with Crippen LogP contribution in [0, 0.1) is 0 Å². The largest absolute Gasteiger partial charge is 0.251 e. The highest BCUT2D eigenvalue weighted by atomic mass is 32.2. The Kier molecular flexibility index (Phi) is 1.96. The van der Waals surface area contributed by atoms with E-state index in [0.29, 0.717) is 0 Å². The molecule has 1 fully saturated rings. The number of hydrogen-bond donors (Lipinski definition) is 1. The van der Waals surface area contributed by atoms with E-state index in [1.165, 1.54) is 6.92 Å². The summed E-state index contributed by atoms with van der Waals surface area (Å²) < 4.78 is 48.3. The van der Waals surface area contributed by atoms with Crippen LogP contribution in [0.2, 0.25) is 0 Å². The van der Waals surface area contributed by atoms with Crippen molar-refractivity contribution in [2.45, 2.75) is 31.2 Å². The molecule has 1 N–H and O–H groups in total. The minimum atomic E-state index is -3.38. The fourth-order valence-electron chi connectivity index (χ4n) is 1.61. The summed E-state index contributed by atoms with van der Waals surface area (Å²) in [5.74, 6) is -2.70. The smallest absolute Gasteiger partial charge is 0.213 e. The third kappa shape index (κ3) is 2.38. The zero-order chi connectivity index (χ0) is 9.62. The average molecular weight is 199 g/mol. The first-order valence-corrected chi connectivity index (χ1v) is 5.38. The Morgan fingerprint density at radius 2 is 1.75 bits per heavy atom. The van der Waals surface area contributed by atoms with Crippen LogP contribution in [0.5, 0.6) is 0 Å². The van der Waals surface area contributed by atoms with Gasteiger partial charge in [0, 0.05) is 18.4 Å². The number of halogens is 2. The van der Waals surface area contributed by atoms with Crippen LogP contribution in [-0.2, 0) is 10.0 Å². The SMILES string of the molecule is CC1(NS(C)(=O)=O)CC(F)(F)C1. The lowest BCUT2D eigenvalue weighted by Crippen LogP contribution is -2.59. The number of nitrogens with one attached hydrogen (secondary N) is 1. The molecule has 0 aromatic carbocycles. The van der Waals surface area contributed by atoms with E-state index in [-0.39, 0.29) is 0 Å². The molecule has 6 heteroatoms. The standard InChI is InChI=1S/C6H11F2NO2S/c1-5(9-12(2,10)11)3-6(7,8)4-5/h9H,3-4H2,1-2H3. The number of hydrogen-bond acceptors (Lipinski definition) is 2. The molecule has 1 saturated carbocycles. The third-order valence-electron chi connectivity index (χ3n) is 1.73. The van der Waals surface area contributed by atoms with Gasteiger partial charge in [0.05, 0.1) is 6.26 Å². The van der Waals surface area contributed by atoms with Gasteiger partial charge >= 0.3 is 0 Å². The molecule has 0 amide bonds. The van der Waals surface area contributed by atoms with Gasteiger partial charge in [0.2, 0.25) is 10.0 Å².